The molecule has 0 saturated carbocycles. The summed E-state index contributed by atoms with van der Waals surface area (Å²) < 4.78 is 5.47. The van der Waals surface area contributed by atoms with Crippen LogP contribution in [-0.4, -0.2) is 87.6 Å². The number of quaternary nitrogens is 1. The summed E-state index contributed by atoms with van der Waals surface area (Å²) in [7, 11) is 1.69. The zero-order valence-corrected chi connectivity index (χ0v) is 18.1. The minimum absolute atomic E-state index is 0.0819. The maximum Gasteiger partial charge on any atom is 0.277 e. The van der Waals surface area contributed by atoms with Crippen LogP contribution in [0.4, 0.5) is 5.69 Å². The SMILES string of the molecule is COc1ccccc1N1CCN(C(=O)C[NH+]2CCN(C(=O)c3ccccc3)CC2)CC1. The number of methoxy groups -OCH3 is 1. The molecule has 7 nitrogen and oxygen atoms in total. The van der Waals surface area contributed by atoms with E-state index in [9.17, 15) is 9.59 Å². The third kappa shape index (κ3) is 4.99. The second-order valence-corrected chi connectivity index (χ2v) is 8.12. The highest BCUT2D eigenvalue weighted by molar-refractivity contribution is 5.94. The number of nitrogens with one attached hydrogen (secondary N) is 1. The van der Waals surface area contributed by atoms with Crippen LogP contribution in [0.1, 0.15) is 10.4 Å². The van der Waals surface area contributed by atoms with Crippen LogP contribution in [0.2, 0.25) is 0 Å². The topological polar surface area (TPSA) is 57.5 Å². The van der Waals surface area contributed by atoms with E-state index in [0.717, 1.165) is 56.3 Å². The maximum absolute atomic E-state index is 12.9. The lowest BCUT2D eigenvalue weighted by molar-refractivity contribution is -0.896. The number of piperazine rings is 2. The third-order valence-corrected chi connectivity index (χ3v) is 6.24. The average molecular weight is 424 g/mol. The van der Waals surface area contributed by atoms with Gasteiger partial charge in [0.2, 0.25) is 0 Å². The van der Waals surface area contributed by atoms with Crippen molar-refractivity contribution in [2.24, 2.45) is 0 Å². The molecular weight excluding hydrogens is 392 g/mol. The Kier molecular flexibility index (Phi) is 6.72. The summed E-state index contributed by atoms with van der Waals surface area (Å²) in [5, 5.41) is 0. The molecule has 0 aliphatic carbocycles. The van der Waals surface area contributed by atoms with Crippen LogP contribution < -0.4 is 14.5 Å². The Hall–Kier alpha value is -3.06. The van der Waals surface area contributed by atoms with Gasteiger partial charge < -0.3 is 24.3 Å². The number of para-hydroxylation sites is 2. The van der Waals surface area contributed by atoms with Gasteiger partial charge >= 0.3 is 0 Å². The molecular formula is C24H31N4O3+. The monoisotopic (exact) mass is 423 g/mol. The second kappa shape index (κ2) is 9.83. The smallest absolute Gasteiger partial charge is 0.277 e. The van der Waals surface area contributed by atoms with Gasteiger partial charge in [0.25, 0.3) is 11.8 Å². The van der Waals surface area contributed by atoms with Gasteiger partial charge in [0, 0.05) is 31.7 Å². The molecule has 0 radical (unpaired) electrons. The first-order valence-electron chi connectivity index (χ1n) is 11.0. The number of benzene rings is 2. The molecule has 2 aromatic rings. The summed E-state index contributed by atoms with van der Waals surface area (Å²) in [6, 6.07) is 17.4. The highest BCUT2D eigenvalue weighted by Crippen LogP contribution is 2.28. The summed E-state index contributed by atoms with van der Waals surface area (Å²) in [6.07, 6.45) is 0. The first-order valence-corrected chi connectivity index (χ1v) is 11.0. The standard InChI is InChI=1S/C24H30N4O3/c1-31-22-10-6-5-9-21(22)26-15-17-27(18-16-26)23(29)19-25-11-13-28(14-12-25)24(30)20-7-3-2-4-8-20/h2-10H,11-19H2,1H3/p+1. The molecule has 1 N–H and O–H groups in total. The molecule has 0 aromatic heterocycles. The molecule has 0 unspecified atom stereocenters. The van der Waals surface area contributed by atoms with Gasteiger partial charge in [0.05, 0.1) is 39.0 Å². The first-order chi connectivity index (χ1) is 15.2. The Bertz CT molecular complexity index is 889. The molecule has 2 fully saturated rings. The number of anilines is 1. The molecule has 2 heterocycles. The Morgan fingerprint density at radius 2 is 1.48 bits per heavy atom. The van der Waals surface area contributed by atoms with Crippen molar-refractivity contribution in [3.05, 3.63) is 60.2 Å². The normalized spacial score (nSPS) is 17.5. The van der Waals surface area contributed by atoms with E-state index < -0.39 is 0 Å². The van der Waals surface area contributed by atoms with Gasteiger partial charge in [0.15, 0.2) is 6.54 Å². The van der Waals surface area contributed by atoms with Crippen molar-refractivity contribution in [1.29, 1.82) is 0 Å². The van der Waals surface area contributed by atoms with Crippen molar-refractivity contribution in [3.8, 4) is 5.75 Å². The molecule has 31 heavy (non-hydrogen) atoms. The Labute approximate surface area is 183 Å². The number of carbonyl (C=O) groups is 2. The number of carbonyl (C=O) groups excluding carboxylic acids is 2. The minimum Gasteiger partial charge on any atom is -0.495 e. The molecule has 164 valence electrons. The van der Waals surface area contributed by atoms with Gasteiger partial charge in [-0.15, -0.1) is 0 Å². The lowest BCUT2D eigenvalue weighted by atomic mass is 10.2. The molecule has 2 aromatic carbocycles. The molecule has 0 atom stereocenters. The quantitative estimate of drug-likeness (QED) is 0.756. The molecule has 7 heteroatoms. The van der Waals surface area contributed by atoms with E-state index >= 15 is 0 Å². The fourth-order valence-corrected chi connectivity index (χ4v) is 4.38. The van der Waals surface area contributed by atoms with Crippen molar-refractivity contribution >= 4 is 17.5 Å². The number of rotatable bonds is 5. The number of amides is 2. The van der Waals surface area contributed by atoms with Gasteiger partial charge in [-0.3, -0.25) is 9.59 Å². The number of nitrogens with zero attached hydrogens (tertiary/aromatic N) is 3. The first kappa shape index (κ1) is 21.2. The molecule has 2 saturated heterocycles. The predicted octanol–water partition coefficient (Wildman–Crippen LogP) is 0.385. The largest absolute Gasteiger partial charge is 0.495 e. The summed E-state index contributed by atoms with van der Waals surface area (Å²) >= 11 is 0. The highest BCUT2D eigenvalue weighted by atomic mass is 16.5. The van der Waals surface area contributed by atoms with Crippen LogP contribution in [0.5, 0.6) is 5.75 Å². The number of hydrogen-bond donors (Lipinski definition) is 1. The second-order valence-electron chi connectivity index (χ2n) is 8.12. The van der Waals surface area contributed by atoms with Crippen molar-refractivity contribution in [2.75, 3.05) is 70.9 Å². The molecule has 2 aliphatic heterocycles. The minimum atomic E-state index is 0.0819. The van der Waals surface area contributed by atoms with E-state index in [1.165, 1.54) is 4.90 Å². The van der Waals surface area contributed by atoms with E-state index in [0.29, 0.717) is 19.6 Å². The van der Waals surface area contributed by atoms with Gasteiger partial charge in [-0.25, -0.2) is 0 Å². The zero-order chi connectivity index (χ0) is 21.6. The highest BCUT2D eigenvalue weighted by Gasteiger charge is 2.29. The molecule has 0 spiro atoms. The van der Waals surface area contributed by atoms with E-state index in [-0.39, 0.29) is 11.8 Å². The van der Waals surface area contributed by atoms with Crippen LogP contribution in [0.15, 0.2) is 54.6 Å². The van der Waals surface area contributed by atoms with Gasteiger partial charge in [-0.2, -0.15) is 0 Å². The predicted molar refractivity (Wildman–Crippen MR) is 120 cm³/mol. The summed E-state index contributed by atoms with van der Waals surface area (Å²) in [6.45, 7) is 6.57. The van der Waals surface area contributed by atoms with Crippen LogP contribution in [0.25, 0.3) is 0 Å². The average Bonchev–Trinajstić information content (AvgIpc) is 2.84. The molecule has 2 aliphatic rings. The van der Waals surface area contributed by atoms with Gasteiger partial charge in [-0.05, 0) is 24.3 Å². The van der Waals surface area contributed by atoms with Crippen LogP contribution in [0.3, 0.4) is 0 Å². The van der Waals surface area contributed by atoms with Gasteiger partial charge in [0.1, 0.15) is 5.75 Å². The van der Waals surface area contributed by atoms with Crippen LogP contribution in [-0.2, 0) is 4.79 Å². The van der Waals surface area contributed by atoms with Gasteiger partial charge in [-0.1, -0.05) is 30.3 Å². The van der Waals surface area contributed by atoms with Crippen molar-refractivity contribution in [3.63, 3.8) is 0 Å². The summed E-state index contributed by atoms with van der Waals surface area (Å²) in [5.41, 5.74) is 1.82. The van der Waals surface area contributed by atoms with E-state index in [2.05, 4.69) is 11.0 Å². The number of ether oxygens (including phenoxy) is 1. The lowest BCUT2D eigenvalue weighted by Gasteiger charge is -2.37. The van der Waals surface area contributed by atoms with Crippen molar-refractivity contribution < 1.29 is 19.2 Å². The van der Waals surface area contributed by atoms with E-state index in [1.807, 2.05) is 58.3 Å². The lowest BCUT2D eigenvalue weighted by Crippen LogP contribution is -3.15. The summed E-state index contributed by atoms with van der Waals surface area (Å²) in [5.74, 6) is 1.16. The molecule has 2 amide bonds. The zero-order valence-electron chi connectivity index (χ0n) is 18.1. The Balaban J connectivity index is 1.23. The number of hydrogen-bond acceptors (Lipinski definition) is 4. The van der Waals surface area contributed by atoms with Crippen molar-refractivity contribution in [2.45, 2.75) is 0 Å². The van der Waals surface area contributed by atoms with Crippen LogP contribution >= 0.6 is 0 Å². The molecule has 4 rings (SSSR count). The maximum atomic E-state index is 12.9. The van der Waals surface area contributed by atoms with Crippen LogP contribution in [0, 0.1) is 0 Å². The third-order valence-electron chi connectivity index (χ3n) is 6.24. The Morgan fingerprint density at radius 3 is 2.16 bits per heavy atom. The Morgan fingerprint density at radius 1 is 0.839 bits per heavy atom. The van der Waals surface area contributed by atoms with E-state index in [4.69, 9.17) is 4.74 Å². The molecule has 0 bridgehead atoms. The van der Waals surface area contributed by atoms with Crippen molar-refractivity contribution in [1.82, 2.24) is 9.80 Å². The van der Waals surface area contributed by atoms with E-state index in [1.54, 1.807) is 7.11 Å². The summed E-state index contributed by atoms with van der Waals surface area (Å²) in [4.78, 5) is 32.9. The fraction of sp³-hybridized carbons (Fsp3) is 0.417. The fourth-order valence-electron chi connectivity index (χ4n) is 4.38.